The van der Waals surface area contributed by atoms with Gasteiger partial charge in [-0.25, -0.2) is 9.59 Å². The predicted octanol–water partition coefficient (Wildman–Crippen LogP) is -0.0822. The van der Waals surface area contributed by atoms with Crippen LogP contribution in [0.3, 0.4) is 0 Å². The first kappa shape index (κ1) is 20.2. The molecular weight excluding hydrogens is 342 g/mol. The van der Waals surface area contributed by atoms with Gasteiger partial charge in [0.15, 0.2) is 12.2 Å². The van der Waals surface area contributed by atoms with Crippen LogP contribution in [0.1, 0.15) is 23.1 Å². The van der Waals surface area contributed by atoms with E-state index in [4.69, 9.17) is 25.2 Å². The number of likely N-dealkylation sites (N-methyl/N-ethyl adjacent to an activating group) is 1. The van der Waals surface area contributed by atoms with Crippen LogP contribution >= 0.6 is 0 Å². The van der Waals surface area contributed by atoms with E-state index in [1.165, 1.54) is 30.4 Å². The zero-order valence-electron chi connectivity index (χ0n) is 14.9. The first-order chi connectivity index (χ1) is 12.2. The number of hydrogen-bond acceptors (Lipinski definition) is 6. The van der Waals surface area contributed by atoms with E-state index in [-0.39, 0.29) is 0 Å². The van der Waals surface area contributed by atoms with Crippen LogP contribution in [0.15, 0.2) is 12.1 Å². The van der Waals surface area contributed by atoms with Gasteiger partial charge in [-0.3, -0.25) is 0 Å². The van der Waals surface area contributed by atoms with E-state index in [9.17, 15) is 9.59 Å². The van der Waals surface area contributed by atoms with Crippen molar-refractivity contribution in [3.8, 4) is 5.75 Å². The Balaban J connectivity index is 0.000000213. The normalized spacial score (nSPS) is 20.1. The van der Waals surface area contributed by atoms with Crippen LogP contribution in [0, 0.1) is 0 Å². The Morgan fingerprint density at radius 2 is 1.65 bits per heavy atom. The van der Waals surface area contributed by atoms with Crippen LogP contribution in [0.4, 0.5) is 0 Å². The number of rotatable bonds is 4. The number of fused-ring (bicyclic) bond motifs is 2. The molecule has 3 unspecified atom stereocenters. The highest BCUT2D eigenvalue weighted by Gasteiger charge is 2.29. The molecule has 8 nitrogen and oxygen atoms in total. The molecule has 2 aliphatic rings. The van der Waals surface area contributed by atoms with Gasteiger partial charge in [0.25, 0.3) is 0 Å². The largest absolute Gasteiger partial charge is 0.493 e. The summed E-state index contributed by atoms with van der Waals surface area (Å²) in [4.78, 5) is 21.9. The number of aliphatic carboxylic acids is 2. The van der Waals surface area contributed by atoms with Crippen LogP contribution in [0.25, 0.3) is 0 Å². The van der Waals surface area contributed by atoms with E-state index >= 15 is 0 Å². The third-order valence-corrected chi connectivity index (χ3v) is 4.75. The second kappa shape index (κ2) is 8.48. The Hall–Kier alpha value is -2.16. The molecule has 1 aliphatic heterocycles. The molecule has 144 valence electrons. The third kappa shape index (κ3) is 4.72. The van der Waals surface area contributed by atoms with Gasteiger partial charge < -0.3 is 30.1 Å². The van der Waals surface area contributed by atoms with Crippen molar-refractivity contribution in [2.24, 2.45) is 0 Å². The Morgan fingerprint density at radius 1 is 1.04 bits per heavy atom. The highest BCUT2D eigenvalue weighted by Crippen LogP contribution is 2.33. The van der Waals surface area contributed by atoms with E-state index in [0.29, 0.717) is 6.04 Å². The highest BCUT2D eigenvalue weighted by molar-refractivity contribution is 5.83. The molecule has 0 amide bonds. The Kier molecular flexibility index (Phi) is 6.57. The van der Waals surface area contributed by atoms with Crippen molar-refractivity contribution in [1.29, 1.82) is 0 Å². The van der Waals surface area contributed by atoms with Gasteiger partial charge in [-0.15, -0.1) is 0 Å². The minimum absolute atomic E-state index is 0.701. The Morgan fingerprint density at radius 3 is 2.19 bits per heavy atom. The van der Waals surface area contributed by atoms with Crippen molar-refractivity contribution >= 4 is 11.9 Å². The SMILES string of the molecule is CN(C)C1CCc2cc3c(cc2C1)OCC3.O=C(O)C(O)C(O)C(=O)O. The topological polar surface area (TPSA) is 128 Å². The summed E-state index contributed by atoms with van der Waals surface area (Å²) in [6.45, 7) is 0.870. The molecule has 0 radical (unpaired) electrons. The van der Waals surface area contributed by atoms with Crippen molar-refractivity contribution in [1.82, 2.24) is 4.90 Å². The number of aliphatic hydroxyl groups excluding tert-OH is 2. The van der Waals surface area contributed by atoms with Crippen molar-refractivity contribution in [3.05, 3.63) is 28.8 Å². The lowest BCUT2D eigenvalue weighted by Crippen LogP contribution is -2.39. The molecular formula is C18H25NO7. The zero-order valence-corrected chi connectivity index (χ0v) is 14.9. The number of carboxylic acid groups (broad SMARTS) is 2. The maximum Gasteiger partial charge on any atom is 0.335 e. The van der Waals surface area contributed by atoms with E-state index in [0.717, 1.165) is 18.8 Å². The smallest absolute Gasteiger partial charge is 0.335 e. The summed E-state index contributed by atoms with van der Waals surface area (Å²) in [6.07, 6.45) is 0.263. The third-order valence-electron chi connectivity index (χ3n) is 4.75. The lowest BCUT2D eigenvalue weighted by Gasteiger charge is -2.30. The molecule has 0 aromatic heterocycles. The molecule has 3 atom stereocenters. The molecule has 3 rings (SSSR count). The monoisotopic (exact) mass is 367 g/mol. The van der Waals surface area contributed by atoms with E-state index in [1.807, 2.05) is 0 Å². The number of nitrogens with zero attached hydrogens (tertiary/aromatic N) is 1. The summed E-state index contributed by atoms with van der Waals surface area (Å²) < 4.78 is 5.65. The molecule has 26 heavy (non-hydrogen) atoms. The maximum atomic E-state index is 9.77. The molecule has 1 heterocycles. The van der Waals surface area contributed by atoms with Crippen LogP contribution in [0.5, 0.6) is 5.75 Å². The number of hydrogen-bond donors (Lipinski definition) is 4. The van der Waals surface area contributed by atoms with Crippen LogP contribution in [0.2, 0.25) is 0 Å². The lowest BCUT2D eigenvalue weighted by atomic mass is 9.86. The average molecular weight is 367 g/mol. The fourth-order valence-corrected chi connectivity index (χ4v) is 3.13. The second-order valence-electron chi connectivity index (χ2n) is 6.75. The number of benzene rings is 1. The first-order valence-corrected chi connectivity index (χ1v) is 8.46. The van der Waals surface area contributed by atoms with Crippen LogP contribution in [-0.2, 0) is 28.9 Å². The fourth-order valence-electron chi connectivity index (χ4n) is 3.13. The van der Waals surface area contributed by atoms with Crippen LogP contribution in [-0.4, -0.2) is 76.2 Å². The number of carboxylic acids is 2. The van der Waals surface area contributed by atoms with Gasteiger partial charge in [0.1, 0.15) is 5.75 Å². The maximum absolute atomic E-state index is 9.77. The van der Waals surface area contributed by atoms with Gasteiger partial charge in [-0.05, 0) is 56.1 Å². The lowest BCUT2D eigenvalue weighted by molar-refractivity contribution is -0.165. The molecule has 1 aliphatic carbocycles. The van der Waals surface area contributed by atoms with Crippen molar-refractivity contribution in [2.45, 2.75) is 43.9 Å². The van der Waals surface area contributed by atoms with Crippen molar-refractivity contribution < 1.29 is 34.8 Å². The van der Waals surface area contributed by atoms with Gasteiger partial charge in [-0.2, -0.15) is 0 Å². The van der Waals surface area contributed by atoms with Gasteiger partial charge in [0, 0.05) is 12.5 Å². The molecule has 0 bridgehead atoms. The minimum atomic E-state index is -2.27. The summed E-state index contributed by atoms with van der Waals surface area (Å²) >= 11 is 0. The zero-order chi connectivity index (χ0) is 19.4. The van der Waals surface area contributed by atoms with Gasteiger partial charge in [-0.1, -0.05) is 6.07 Å². The Bertz CT molecular complexity index is 656. The average Bonchev–Trinajstić information content (AvgIpc) is 3.05. The summed E-state index contributed by atoms with van der Waals surface area (Å²) in [6, 6.07) is 5.36. The highest BCUT2D eigenvalue weighted by atomic mass is 16.5. The number of aryl methyl sites for hydroxylation is 1. The molecule has 0 fully saturated rings. The molecule has 1 aromatic rings. The second-order valence-corrected chi connectivity index (χ2v) is 6.75. The molecule has 0 spiro atoms. The quantitative estimate of drug-likeness (QED) is 0.582. The van der Waals surface area contributed by atoms with Gasteiger partial charge >= 0.3 is 11.9 Å². The van der Waals surface area contributed by atoms with Crippen molar-refractivity contribution in [3.63, 3.8) is 0 Å². The molecule has 8 heteroatoms. The summed E-state index contributed by atoms with van der Waals surface area (Å²) in [7, 11) is 4.36. The standard InChI is InChI=1S/C14H19NO.C4H6O6/c1-15(2)13-4-3-10-7-11-5-6-16-14(11)9-12(10)8-13;5-1(3(7)8)2(6)4(9)10/h7,9,13H,3-6,8H2,1-2H3;1-2,5-6H,(H,7,8)(H,9,10). The predicted molar refractivity (Wildman–Crippen MR) is 92.4 cm³/mol. The Labute approximate surface area is 151 Å². The number of aliphatic hydroxyl groups is 2. The fraction of sp³-hybridized carbons (Fsp3) is 0.556. The van der Waals surface area contributed by atoms with Crippen LogP contribution < -0.4 is 4.74 Å². The van der Waals surface area contributed by atoms with E-state index in [1.54, 1.807) is 5.56 Å². The molecule has 1 aromatic carbocycles. The summed E-state index contributed by atoms with van der Waals surface area (Å²) in [5.41, 5.74) is 4.48. The van der Waals surface area contributed by atoms with Crippen molar-refractivity contribution in [2.75, 3.05) is 20.7 Å². The summed E-state index contributed by atoms with van der Waals surface area (Å²) in [5, 5.41) is 32.5. The van der Waals surface area contributed by atoms with E-state index in [2.05, 4.69) is 31.1 Å². The molecule has 0 saturated heterocycles. The number of ether oxygens (including phenoxy) is 1. The number of carbonyl (C=O) groups is 2. The molecule has 4 N–H and O–H groups in total. The first-order valence-electron chi connectivity index (χ1n) is 8.46. The van der Waals surface area contributed by atoms with Gasteiger partial charge in [0.2, 0.25) is 0 Å². The molecule has 0 saturated carbocycles. The minimum Gasteiger partial charge on any atom is -0.493 e. The van der Waals surface area contributed by atoms with E-state index < -0.39 is 24.1 Å². The summed E-state index contributed by atoms with van der Waals surface area (Å²) in [5.74, 6) is -2.40. The van der Waals surface area contributed by atoms with Gasteiger partial charge in [0.05, 0.1) is 6.61 Å².